The molecule has 20 heavy (non-hydrogen) atoms. The van der Waals surface area contributed by atoms with Gasteiger partial charge in [0.2, 0.25) is 0 Å². The molecule has 0 aliphatic carbocycles. The smallest absolute Gasteiger partial charge is 0.136 e. The monoisotopic (exact) mass is 263 g/mol. The standard InChI is InChI=1S/C16H10FN3/c1-11(15-4-3-14(17)8-13(15)9-18)12-2-5-16-19-6-7-20(16)10-12/h2-8,10H,1H2. The molecule has 0 aliphatic heterocycles. The number of aromatic nitrogens is 2. The summed E-state index contributed by atoms with van der Waals surface area (Å²) in [5, 5.41) is 9.10. The zero-order valence-electron chi connectivity index (χ0n) is 10.5. The van der Waals surface area contributed by atoms with E-state index in [9.17, 15) is 4.39 Å². The molecule has 1 aromatic carbocycles. The van der Waals surface area contributed by atoms with Crippen molar-refractivity contribution < 1.29 is 4.39 Å². The van der Waals surface area contributed by atoms with Crippen molar-refractivity contribution in [1.29, 1.82) is 5.26 Å². The van der Waals surface area contributed by atoms with Gasteiger partial charge in [0.15, 0.2) is 0 Å². The summed E-state index contributed by atoms with van der Waals surface area (Å²) in [6, 6.07) is 9.88. The Balaban J connectivity index is 2.10. The van der Waals surface area contributed by atoms with E-state index in [1.54, 1.807) is 12.3 Å². The number of nitriles is 1. The molecule has 4 heteroatoms. The normalized spacial score (nSPS) is 10.4. The zero-order chi connectivity index (χ0) is 14.1. The van der Waals surface area contributed by atoms with Gasteiger partial charge in [-0.25, -0.2) is 9.37 Å². The predicted molar refractivity (Wildman–Crippen MR) is 74.4 cm³/mol. The van der Waals surface area contributed by atoms with E-state index in [-0.39, 0.29) is 5.56 Å². The third kappa shape index (κ3) is 1.95. The molecule has 3 aromatic rings. The van der Waals surface area contributed by atoms with Gasteiger partial charge in [0.25, 0.3) is 0 Å². The Morgan fingerprint density at radius 2 is 2.15 bits per heavy atom. The number of halogens is 1. The van der Waals surface area contributed by atoms with Gasteiger partial charge in [-0.2, -0.15) is 5.26 Å². The second-order valence-electron chi connectivity index (χ2n) is 4.39. The second-order valence-corrected chi connectivity index (χ2v) is 4.39. The van der Waals surface area contributed by atoms with Crippen LogP contribution in [0.1, 0.15) is 16.7 Å². The van der Waals surface area contributed by atoms with Crippen LogP contribution in [0.4, 0.5) is 4.39 Å². The van der Waals surface area contributed by atoms with E-state index in [0.29, 0.717) is 11.1 Å². The summed E-state index contributed by atoms with van der Waals surface area (Å²) in [6.07, 6.45) is 5.43. The van der Waals surface area contributed by atoms with Crippen LogP contribution in [-0.2, 0) is 0 Å². The molecular formula is C16H10FN3. The van der Waals surface area contributed by atoms with Crippen LogP contribution < -0.4 is 0 Å². The van der Waals surface area contributed by atoms with E-state index >= 15 is 0 Å². The maximum Gasteiger partial charge on any atom is 0.136 e. The van der Waals surface area contributed by atoms with E-state index in [1.165, 1.54) is 12.1 Å². The van der Waals surface area contributed by atoms with Gasteiger partial charge in [0.05, 0.1) is 11.6 Å². The number of rotatable bonds is 2. The van der Waals surface area contributed by atoms with E-state index in [1.807, 2.05) is 35.0 Å². The minimum atomic E-state index is -0.428. The third-order valence-corrected chi connectivity index (χ3v) is 3.16. The van der Waals surface area contributed by atoms with E-state index in [2.05, 4.69) is 11.6 Å². The highest BCUT2D eigenvalue weighted by molar-refractivity contribution is 5.81. The number of hydrogen-bond acceptors (Lipinski definition) is 2. The molecule has 3 rings (SSSR count). The molecule has 3 nitrogen and oxygen atoms in total. The van der Waals surface area contributed by atoms with Crippen LogP contribution in [0.2, 0.25) is 0 Å². The minimum Gasteiger partial charge on any atom is -0.306 e. The Kier molecular flexibility index (Phi) is 2.81. The molecule has 0 spiro atoms. The first-order valence-corrected chi connectivity index (χ1v) is 6.01. The highest BCUT2D eigenvalue weighted by Crippen LogP contribution is 2.25. The predicted octanol–water partition coefficient (Wildman–Crippen LogP) is 3.41. The van der Waals surface area contributed by atoms with Gasteiger partial charge in [-0.1, -0.05) is 12.6 Å². The van der Waals surface area contributed by atoms with Crippen LogP contribution >= 0.6 is 0 Å². The maximum absolute atomic E-state index is 13.2. The van der Waals surface area contributed by atoms with Crippen LogP contribution in [0.5, 0.6) is 0 Å². The summed E-state index contributed by atoms with van der Waals surface area (Å²) in [5.74, 6) is -0.428. The molecule has 0 atom stereocenters. The molecule has 0 radical (unpaired) electrons. The summed E-state index contributed by atoms with van der Waals surface area (Å²) in [4.78, 5) is 4.17. The molecule has 2 heterocycles. The van der Waals surface area contributed by atoms with Crippen LogP contribution in [0.3, 0.4) is 0 Å². The number of hydrogen-bond donors (Lipinski definition) is 0. The Bertz CT molecular complexity index is 856. The summed E-state index contributed by atoms with van der Waals surface area (Å²) in [6.45, 7) is 4.02. The van der Waals surface area contributed by atoms with Gasteiger partial charge < -0.3 is 4.40 Å². The van der Waals surface area contributed by atoms with Crippen molar-refractivity contribution in [3.05, 3.63) is 78.0 Å². The topological polar surface area (TPSA) is 41.1 Å². The second kappa shape index (κ2) is 4.63. The highest BCUT2D eigenvalue weighted by Gasteiger charge is 2.10. The van der Waals surface area contributed by atoms with Crippen LogP contribution in [0, 0.1) is 17.1 Å². The Morgan fingerprint density at radius 1 is 1.30 bits per heavy atom. The zero-order valence-corrected chi connectivity index (χ0v) is 10.5. The lowest BCUT2D eigenvalue weighted by Gasteiger charge is -2.09. The van der Waals surface area contributed by atoms with Crippen molar-refractivity contribution in [1.82, 2.24) is 9.38 Å². The van der Waals surface area contributed by atoms with Crippen LogP contribution in [0.15, 0.2) is 55.5 Å². The molecule has 0 unspecified atom stereocenters. The Morgan fingerprint density at radius 3 is 2.95 bits per heavy atom. The number of fused-ring (bicyclic) bond motifs is 1. The Hall–Kier alpha value is -2.93. The fraction of sp³-hybridized carbons (Fsp3) is 0. The number of imidazole rings is 1. The van der Waals surface area contributed by atoms with Crippen molar-refractivity contribution in [2.24, 2.45) is 0 Å². The third-order valence-electron chi connectivity index (χ3n) is 3.16. The number of nitrogens with zero attached hydrogens (tertiary/aromatic N) is 3. The first-order chi connectivity index (χ1) is 9.69. The molecule has 0 aliphatic rings. The minimum absolute atomic E-state index is 0.278. The summed E-state index contributed by atoms with van der Waals surface area (Å²) < 4.78 is 15.0. The van der Waals surface area contributed by atoms with Gasteiger partial charge in [0, 0.05) is 18.6 Å². The van der Waals surface area contributed by atoms with Crippen molar-refractivity contribution >= 4 is 11.2 Å². The molecule has 0 saturated heterocycles. The van der Waals surface area contributed by atoms with Gasteiger partial charge in [-0.3, -0.25) is 0 Å². The Labute approximate surface area is 115 Å². The maximum atomic E-state index is 13.2. The van der Waals surface area contributed by atoms with Crippen molar-refractivity contribution in [3.63, 3.8) is 0 Å². The first kappa shape index (κ1) is 12.1. The average molecular weight is 263 g/mol. The molecular weight excluding hydrogens is 253 g/mol. The summed E-state index contributed by atoms with van der Waals surface area (Å²) in [7, 11) is 0. The first-order valence-electron chi connectivity index (χ1n) is 6.01. The lowest BCUT2D eigenvalue weighted by Crippen LogP contribution is -1.94. The molecule has 2 aromatic heterocycles. The number of pyridine rings is 1. The molecule has 96 valence electrons. The molecule has 0 bridgehead atoms. The number of benzene rings is 1. The SMILES string of the molecule is C=C(c1ccc2nccn2c1)c1ccc(F)cc1C#N. The fourth-order valence-corrected chi connectivity index (χ4v) is 2.13. The quantitative estimate of drug-likeness (QED) is 0.711. The van der Waals surface area contributed by atoms with Gasteiger partial charge in [0.1, 0.15) is 11.5 Å². The average Bonchev–Trinajstić information content (AvgIpc) is 2.93. The lowest BCUT2D eigenvalue weighted by molar-refractivity contribution is 0.627. The van der Waals surface area contributed by atoms with E-state index in [0.717, 1.165) is 11.2 Å². The molecule has 0 saturated carbocycles. The van der Waals surface area contributed by atoms with E-state index < -0.39 is 5.82 Å². The van der Waals surface area contributed by atoms with Crippen LogP contribution in [-0.4, -0.2) is 9.38 Å². The van der Waals surface area contributed by atoms with Gasteiger partial charge >= 0.3 is 0 Å². The highest BCUT2D eigenvalue weighted by atomic mass is 19.1. The van der Waals surface area contributed by atoms with Gasteiger partial charge in [-0.15, -0.1) is 0 Å². The van der Waals surface area contributed by atoms with Crippen molar-refractivity contribution in [2.75, 3.05) is 0 Å². The van der Waals surface area contributed by atoms with Crippen LogP contribution in [0.25, 0.3) is 11.2 Å². The molecule has 0 fully saturated rings. The van der Waals surface area contributed by atoms with E-state index in [4.69, 9.17) is 5.26 Å². The largest absolute Gasteiger partial charge is 0.306 e. The lowest BCUT2D eigenvalue weighted by atomic mass is 9.96. The molecule has 0 N–H and O–H groups in total. The molecule has 0 amide bonds. The van der Waals surface area contributed by atoms with Gasteiger partial charge in [-0.05, 0) is 41.0 Å². The van der Waals surface area contributed by atoms with Crippen molar-refractivity contribution in [2.45, 2.75) is 0 Å². The summed E-state index contributed by atoms with van der Waals surface area (Å²) in [5.41, 5.74) is 3.28. The summed E-state index contributed by atoms with van der Waals surface area (Å²) >= 11 is 0. The fourth-order valence-electron chi connectivity index (χ4n) is 2.13. The van der Waals surface area contributed by atoms with Crippen molar-refractivity contribution in [3.8, 4) is 6.07 Å².